The van der Waals surface area contributed by atoms with Gasteiger partial charge < -0.3 is 4.74 Å². The van der Waals surface area contributed by atoms with Gasteiger partial charge in [0.15, 0.2) is 0 Å². The maximum atomic E-state index is 13.0. The van der Waals surface area contributed by atoms with Crippen LogP contribution in [0.15, 0.2) is 84.1 Å². The third kappa shape index (κ3) is 2.53. The van der Waals surface area contributed by atoms with E-state index in [4.69, 9.17) is 4.74 Å². The molecule has 4 heteroatoms. The predicted molar refractivity (Wildman–Crippen MR) is 103 cm³/mol. The van der Waals surface area contributed by atoms with E-state index in [-0.39, 0.29) is 30.8 Å². The van der Waals surface area contributed by atoms with Gasteiger partial charge in [-0.2, -0.15) is 0 Å². The van der Waals surface area contributed by atoms with Crippen LogP contribution in [-0.2, 0) is 14.3 Å². The van der Waals surface area contributed by atoms with Gasteiger partial charge in [-0.15, -0.1) is 0 Å². The Labute approximate surface area is 156 Å². The second kappa shape index (κ2) is 6.09. The Morgan fingerprint density at radius 1 is 0.852 bits per heavy atom. The first kappa shape index (κ1) is 15.8. The van der Waals surface area contributed by atoms with Crippen molar-refractivity contribution in [2.75, 3.05) is 11.5 Å². The van der Waals surface area contributed by atoms with E-state index in [0.717, 1.165) is 22.0 Å². The lowest BCUT2D eigenvalue weighted by Crippen LogP contribution is -2.37. The number of nitrogens with zero attached hydrogens (tertiary/aromatic N) is 1. The molecule has 2 aliphatic heterocycles. The van der Waals surface area contributed by atoms with Crippen LogP contribution in [0.25, 0.3) is 10.8 Å². The summed E-state index contributed by atoms with van der Waals surface area (Å²) in [6, 6.07) is 23.6. The molecule has 2 aliphatic rings. The number of rotatable bonds is 2. The third-order valence-electron chi connectivity index (χ3n) is 5.31. The number of hydrogen-bond donors (Lipinski definition) is 0. The summed E-state index contributed by atoms with van der Waals surface area (Å²) in [7, 11) is 0. The molecule has 0 fully saturated rings. The molecule has 3 aromatic rings. The highest BCUT2D eigenvalue weighted by Crippen LogP contribution is 2.42. The predicted octanol–water partition coefficient (Wildman–Crippen LogP) is 4.17. The summed E-state index contributed by atoms with van der Waals surface area (Å²) < 4.78 is 5.33. The maximum absolute atomic E-state index is 13.0. The zero-order valence-electron chi connectivity index (χ0n) is 14.6. The number of ether oxygens (including phenoxy) is 1. The number of anilines is 1. The monoisotopic (exact) mass is 355 g/mol. The van der Waals surface area contributed by atoms with Gasteiger partial charge in [-0.3, -0.25) is 9.69 Å². The van der Waals surface area contributed by atoms with Gasteiger partial charge in [0.05, 0.1) is 11.3 Å². The molecule has 0 saturated heterocycles. The van der Waals surface area contributed by atoms with E-state index >= 15 is 0 Å². The summed E-state index contributed by atoms with van der Waals surface area (Å²) in [5, 5.41) is 2.24. The zero-order chi connectivity index (χ0) is 18.4. The lowest BCUT2D eigenvalue weighted by atomic mass is 9.83. The van der Waals surface area contributed by atoms with E-state index in [0.29, 0.717) is 11.3 Å². The number of esters is 1. The van der Waals surface area contributed by atoms with E-state index in [1.54, 1.807) is 4.90 Å². The van der Waals surface area contributed by atoms with E-state index < -0.39 is 0 Å². The van der Waals surface area contributed by atoms with Crippen LogP contribution in [0, 0.1) is 0 Å². The molecule has 3 aromatic carbocycles. The molecule has 1 atom stereocenters. The number of hydrogen-bond acceptors (Lipinski definition) is 3. The number of amides is 1. The Morgan fingerprint density at radius 3 is 2.41 bits per heavy atom. The molecule has 0 spiro atoms. The summed E-state index contributed by atoms with van der Waals surface area (Å²) in [6.45, 7) is 0.138. The number of carbonyl (C=O) groups is 2. The first-order chi connectivity index (χ1) is 13.2. The van der Waals surface area contributed by atoms with Crippen molar-refractivity contribution in [1.82, 2.24) is 0 Å². The Morgan fingerprint density at radius 2 is 1.59 bits per heavy atom. The molecule has 0 saturated carbocycles. The molecule has 0 bridgehead atoms. The minimum atomic E-state index is -0.323. The number of carbonyl (C=O) groups excluding carboxylic acids is 2. The van der Waals surface area contributed by atoms with Crippen molar-refractivity contribution in [3.8, 4) is 0 Å². The van der Waals surface area contributed by atoms with Crippen LogP contribution >= 0.6 is 0 Å². The average molecular weight is 355 g/mol. The first-order valence-corrected chi connectivity index (χ1v) is 8.99. The molecule has 4 nitrogen and oxygen atoms in total. The summed E-state index contributed by atoms with van der Waals surface area (Å²) in [6.07, 6.45) is 0.251. The lowest BCUT2D eigenvalue weighted by Gasteiger charge is -2.32. The number of benzene rings is 3. The van der Waals surface area contributed by atoms with Crippen molar-refractivity contribution < 1.29 is 14.3 Å². The average Bonchev–Trinajstić information content (AvgIpc) is 3.09. The van der Waals surface area contributed by atoms with Gasteiger partial charge in [0.1, 0.15) is 6.61 Å². The second-order valence-electron chi connectivity index (χ2n) is 6.86. The van der Waals surface area contributed by atoms with Gasteiger partial charge in [0.25, 0.3) is 0 Å². The fourth-order valence-corrected chi connectivity index (χ4v) is 4.04. The van der Waals surface area contributed by atoms with Crippen LogP contribution in [-0.4, -0.2) is 18.5 Å². The number of cyclic esters (lactones) is 1. The van der Waals surface area contributed by atoms with Crippen molar-refractivity contribution in [1.29, 1.82) is 0 Å². The van der Waals surface area contributed by atoms with Gasteiger partial charge in [-0.1, -0.05) is 60.7 Å². The lowest BCUT2D eigenvalue weighted by molar-refractivity contribution is -0.136. The van der Waals surface area contributed by atoms with Crippen LogP contribution in [0.4, 0.5) is 5.69 Å². The minimum Gasteiger partial charge on any atom is -0.456 e. The Kier molecular flexibility index (Phi) is 3.57. The van der Waals surface area contributed by atoms with Crippen molar-refractivity contribution in [2.24, 2.45) is 0 Å². The molecular weight excluding hydrogens is 338 g/mol. The van der Waals surface area contributed by atoms with Crippen LogP contribution in [0.2, 0.25) is 0 Å². The molecule has 132 valence electrons. The van der Waals surface area contributed by atoms with E-state index in [2.05, 4.69) is 12.1 Å². The largest absolute Gasteiger partial charge is 0.456 e. The van der Waals surface area contributed by atoms with Gasteiger partial charge in [0, 0.05) is 18.0 Å². The van der Waals surface area contributed by atoms with Gasteiger partial charge in [-0.05, 0) is 28.5 Å². The van der Waals surface area contributed by atoms with Gasteiger partial charge >= 0.3 is 5.97 Å². The highest BCUT2D eigenvalue weighted by atomic mass is 16.5. The standard InChI is InChI=1S/C23H17NO3/c25-21-13-19(17-11-10-15-6-4-5-7-16(15)12-17)22-20(14-27-23(22)26)24(21)18-8-2-1-3-9-18/h1-12,19H,13-14H2. The molecule has 27 heavy (non-hydrogen) atoms. The normalized spacial score (nSPS) is 19.4. The Balaban J connectivity index is 1.64. The Bertz CT molecular complexity index is 1100. The van der Waals surface area contributed by atoms with Crippen molar-refractivity contribution in [3.05, 3.63) is 89.6 Å². The molecule has 1 unspecified atom stereocenters. The summed E-state index contributed by atoms with van der Waals surface area (Å²) in [5.41, 5.74) is 3.01. The fourth-order valence-electron chi connectivity index (χ4n) is 4.04. The summed E-state index contributed by atoms with van der Waals surface area (Å²) in [5.74, 6) is -0.611. The maximum Gasteiger partial charge on any atom is 0.336 e. The van der Waals surface area contributed by atoms with E-state index in [9.17, 15) is 9.59 Å². The van der Waals surface area contributed by atoms with Gasteiger partial charge in [0.2, 0.25) is 5.91 Å². The molecule has 5 rings (SSSR count). The molecule has 2 heterocycles. The molecule has 0 N–H and O–H groups in total. The topological polar surface area (TPSA) is 46.6 Å². The number of fused-ring (bicyclic) bond motifs is 1. The van der Waals surface area contributed by atoms with Crippen LogP contribution < -0.4 is 4.90 Å². The van der Waals surface area contributed by atoms with E-state index in [1.165, 1.54) is 0 Å². The van der Waals surface area contributed by atoms with E-state index in [1.807, 2.05) is 60.7 Å². The first-order valence-electron chi connectivity index (χ1n) is 8.99. The quantitative estimate of drug-likeness (QED) is 0.648. The summed E-state index contributed by atoms with van der Waals surface area (Å²) in [4.78, 5) is 27.2. The fraction of sp³-hybridized carbons (Fsp3) is 0.130. The van der Waals surface area contributed by atoms with Crippen LogP contribution in [0.3, 0.4) is 0 Å². The van der Waals surface area contributed by atoms with Crippen LogP contribution in [0.5, 0.6) is 0 Å². The van der Waals surface area contributed by atoms with Crippen molar-refractivity contribution >= 4 is 28.3 Å². The van der Waals surface area contributed by atoms with Crippen molar-refractivity contribution in [3.63, 3.8) is 0 Å². The smallest absolute Gasteiger partial charge is 0.336 e. The zero-order valence-corrected chi connectivity index (χ0v) is 14.6. The highest BCUT2D eigenvalue weighted by Gasteiger charge is 2.42. The molecule has 0 radical (unpaired) electrons. The molecular formula is C23H17NO3. The van der Waals surface area contributed by atoms with Crippen LogP contribution in [0.1, 0.15) is 17.9 Å². The summed E-state index contributed by atoms with van der Waals surface area (Å²) >= 11 is 0. The molecule has 1 amide bonds. The van der Waals surface area contributed by atoms with Gasteiger partial charge in [-0.25, -0.2) is 4.79 Å². The van der Waals surface area contributed by atoms with Crippen molar-refractivity contribution in [2.45, 2.75) is 12.3 Å². The third-order valence-corrected chi connectivity index (χ3v) is 5.31. The minimum absolute atomic E-state index is 0.0172. The highest BCUT2D eigenvalue weighted by molar-refractivity contribution is 6.06. The molecule has 0 aromatic heterocycles. The second-order valence-corrected chi connectivity index (χ2v) is 6.86. The molecule has 0 aliphatic carbocycles. The SMILES string of the molecule is O=C1OCC2=C1C(c1ccc3ccccc3c1)CC(=O)N2c1ccccc1. The Hall–Kier alpha value is -3.40. The number of para-hydroxylation sites is 1.